The second-order valence-electron chi connectivity index (χ2n) is 3.75. The Bertz CT molecular complexity index is 280. The van der Waals surface area contributed by atoms with Crippen molar-refractivity contribution in [2.24, 2.45) is 11.1 Å². The molecule has 0 aromatic heterocycles. The molecule has 0 bridgehead atoms. The van der Waals surface area contributed by atoms with Crippen LogP contribution in [-0.2, 0) is 9.59 Å². The van der Waals surface area contributed by atoms with E-state index in [4.69, 9.17) is 11.0 Å². The first-order chi connectivity index (χ1) is 6.91. The highest BCUT2D eigenvalue weighted by Crippen LogP contribution is 2.09. The third kappa shape index (κ3) is 6.46. The molecule has 0 aliphatic carbocycles. The SMILES string of the molecule is CC(C)(C#N)CNC(=O)CNC(=O)CN. The van der Waals surface area contributed by atoms with Crippen LogP contribution in [-0.4, -0.2) is 31.4 Å². The average Bonchev–Trinajstić information content (AvgIpc) is 2.23. The van der Waals surface area contributed by atoms with Crippen molar-refractivity contribution in [1.82, 2.24) is 10.6 Å². The van der Waals surface area contributed by atoms with E-state index in [0.29, 0.717) is 0 Å². The maximum Gasteiger partial charge on any atom is 0.239 e. The van der Waals surface area contributed by atoms with Crippen molar-refractivity contribution < 1.29 is 9.59 Å². The van der Waals surface area contributed by atoms with Gasteiger partial charge in [-0.05, 0) is 13.8 Å². The van der Waals surface area contributed by atoms with Gasteiger partial charge >= 0.3 is 0 Å². The highest BCUT2D eigenvalue weighted by Gasteiger charge is 2.17. The normalized spacial score (nSPS) is 10.3. The Morgan fingerprint density at radius 3 is 2.40 bits per heavy atom. The molecule has 0 fully saturated rings. The quantitative estimate of drug-likeness (QED) is 0.528. The highest BCUT2D eigenvalue weighted by molar-refractivity contribution is 5.85. The molecule has 0 aliphatic heterocycles. The van der Waals surface area contributed by atoms with Gasteiger partial charge in [0.2, 0.25) is 11.8 Å². The van der Waals surface area contributed by atoms with Gasteiger partial charge < -0.3 is 16.4 Å². The molecule has 0 unspecified atom stereocenters. The number of nitrogens with two attached hydrogens (primary N) is 1. The van der Waals surface area contributed by atoms with Crippen LogP contribution in [0.4, 0.5) is 0 Å². The van der Waals surface area contributed by atoms with E-state index in [1.165, 1.54) is 0 Å². The Hall–Kier alpha value is -1.61. The number of nitrogens with zero attached hydrogens (tertiary/aromatic N) is 1. The molecule has 0 saturated heterocycles. The lowest BCUT2D eigenvalue weighted by molar-refractivity contribution is -0.125. The van der Waals surface area contributed by atoms with Crippen LogP contribution in [0.3, 0.4) is 0 Å². The van der Waals surface area contributed by atoms with Crippen LogP contribution in [0.15, 0.2) is 0 Å². The molecule has 0 heterocycles. The first-order valence-corrected chi connectivity index (χ1v) is 4.56. The Balaban J connectivity index is 3.78. The zero-order valence-corrected chi connectivity index (χ0v) is 8.96. The molecular weight excluding hydrogens is 196 g/mol. The minimum Gasteiger partial charge on any atom is -0.353 e. The van der Waals surface area contributed by atoms with Crippen molar-refractivity contribution in [3.8, 4) is 6.07 Å². The van der Waals surface area contributed by atoms with E-state index in [9.17, 15) is 9.59 Å². The molecule has 84 valence electrons. The number of hydrogen-bond donors (Lipinski definition) is 3. The lowest BCUT2D eigenvalue weighted by atomic mass is 9.96. The van der Waals surface area contributed by atoms with Gasteiger partial charge in [0, 0.05) is 6.54 Å². The number of carbonyl (C=O) groups excluding carboxylic acids is 2. The van der Waals surface area contributed by atoms with Crippen molar-refractivity contribution in [2.75, 3.05) is 19.6 Å². The predicted molar refractivity (Wildman–Crippen MR) is 54.5 cm³/mol. The Labute approximate surface area is 88.8 Å². The average molecular weight is 212 g/mol. The van der Waals surface area contributed by atoms with Gasteiger partial charge in [-0.3, -0.25) is 9.59 Å². The van der Waals surface area contributed by atoms with Crippen molar-refractivity contribution >= 4 is 11.8 Å². The number of hydrogen-bond acceptors (Lipinski definition) is 4. The summed E-state index contributed by atoms with van der Waals surface area (Å²) in [6.45, 7) is 3.42. The summed E-state index contributed by atoms with van der Waals surface area (Å²) in [5, 5.41) is 13.5. The summed E-state index contributed by atoms with van der Waals surface area (Å²) >= 11 is 0. The molecule has 15 heavy (non-hydrogen) atoms. The van der Waals surface area contributed by atoms with E-state index in [0.717, 1.165) is 0 Å². The van der Waals surface area contributed by atoms with Crippen LogP contribution in [0.25, 0.3) is 0 Å². The number of nitriles is 1. The molecule has 6 heteroatoms. The summed E-state index contributed by atoms with van der Waals surface area (Å²) < 4.78 is 0. The van der Waals surface area contributed by atoms with Crippen molar-refractivity contribution in [1.29, 1.82) is 5.26 Å². The third-order valence-corrected chi connectivity index (χ3v) is 1.66. The van der Waals surface area contributed by atoms with E-state index >= 15 is 0 Å². The van der Waals surface area contributed by atoms with E-state index in [-0.39, 0.29) is 31.4 Å². The molecule has 0 rings (SSSR count). The zero-order valence-electron chi connectivity index (χ0n) is 8.96. The Morgan fingerprint density at radius 2 is 1.93 bits per heavy atom. The molecule has 6 nitrogen and oxygen atoms in total. The third-order valence-electron chi connectivity index (χ3n) is 1.66. The van der Waals surface area contributed by atoms with Gasteiger partial charge in [0.25, 0.3) is 0 Å². The van der Waals surface area contributed by atoms with Crippen LogP contribution < -0.4 is 16.4 Å². The van der Waals surface area contributed by atoms with Gasteiger partial charge in [-0.1, -0.05) is 0 Å². The van der Waals surface area contributed by atoms with Crippen molar-refractivity contribution in [3.63, 3.8) is 0 Å². The van der Waals surface area contributed by atoms with Crippen LogP contribution in [0.5, 0.6) is 0 Å². The number of rotatable bonds is 5. The Morgan fingerprint density at radius 1 is 1.33 bits per heavy atom. The van der Waals surface area contributed by atoms with E-state index in [1.54, 1.807) is 13.8 Å². The fourth-order valence-electron chi connectivity index (χ4n) is 0.673. The lowest BCUT2D eigenvalue weighted by Crippen LogP contribution is -2.42. The summed E-state index contributed by atoms with van der Waals surface area (Å²) in [5.41, 5.74) is 4.43. The summed E-state index contributed by atoms with van der Waals surface area (Å²) in [5.74, 6) is -0.718. The standard InChI is InChI=1S/C9H16N4O2/c1-9(2,5-11)6-13-8(15)4-12-7(14)3-10/h3-4,6,10H2,1-2H3,(H,12,14)(H,13,15). The number of amides is 2. The van der Waals surface area contributed by atoms with Crippen molar-refractivity contribution in [2.45, 2.75) is 13.8 Å². The molecule has 0 spiro atoms. The summed E-state index contributed by atoms with van der Waals surface area (Å²) in [6, 6.07) is 2.05. The minimum absolute atomic E-state index is 0.114. The second-order valence-corrected chi connectivity index (χ2v) is 3.75. The zero-order chi connectivity index (χ0) is 11.9. The smallest absolute Gasteiger partial charge is 0.239 e. The predicted octanol–water partition coefficient (Wildman–Crippen LogP) is -1.27. The van der Waals surface area contributed by atoms with Crippen molar-refractivity contribution in [3.05, 3.63) is 0 Å². The van der Waals surface area contributed by atoms with E-state index in [2.05, 4.69) is 16.7 Å². The fraction of sp³-hybridized carbons (Fsp3) is 0.667. The van der Waals surface area contributed by atoms with Gasteiger partial charge in [0.1, 0.15) is 0 Å². The minimum atomic E-state index is -0.604. The molecule has 0 atom stereocenters. The number of nitrogens with one attached hydrogen (secondary N) is 2. The fourth-order valence-corrected chi connectivity index (χ4v) is 0.673. The Kier molecular flexibility index (Phi) is 5.34. The lowest BCUT2D eigenvalue weighted by Gasteiger charge is -2.15. The first-order valence-electron chi connectivity index (χ1n) is 4.56. The second kappa shape index (κ2) is 5.98. The molecule has 0 aliphatic rings. The molecule has 0 aromatic carbocycles. The molecule has 0 radical (unpaired) electrons. The van der Waals surface area contributed by atoms with Gasteiger partial charge in [0.15, 0.2) is 0 Å². The molecular formula is C9H16N4O2. The largest absolute Gasteiger partial charge is 0.353 e. The van der Waals surface area contributed by atoms with Gasteiger partial charge in [-0.25, -0.2) is 0 Å². The van der Waals surface area contributed by atoms with Crippen LogP contribution in [0.2, 0.25) is 0 Å². The highest BCUT2D eigenvalue weighted by atomic mass is 16.2. The summed E-state index contributed by atoms with van der Waals surface area (Å²) in [4.78, 5) is 21.9. The molecule has 0 aromatic rings. The van der Waals surface area contributed by atoms with E-state index < -0.39 is 5.41 Å². The monoisotopic (exact) mass is 212 g/mol. The van der Waals surface area contributed by atoms with Gasteiger partial charge in [0.05, 0.1) is 24.6 Å². The summed E-state index contributed by atoms with van der Waals surface area (Å²) in [6.07, 6.45) is 0. The van der Waals surface area contributed by atoms with Gasteiger partial charge in [-0.2, -0.15) is 5.26 Å². The van der Waals surface area contributed by atoms with Crippen LogP contribution in [0.1, 0.15) is 13.8 Å². The molecule has 4 N–H and O–H groups in total. The maximum atomic E-state index is 11.1. The molecule has 0 saturated carbocycles. The molecule has 2 amide bonds. The van der Waals surface area contributed by atoms with E-state index in [1.807, 2.05) is 0 Å². The van der Waals surface area contributed by atoms with Crippen LogP contribution in [0, 0.1) is 16.7 Å². The number of carbonyl (C=O) groups is 2. The van der Waals surface area contributed by atoms with Gasteiger partial charge in [-0.15, -0.1) is 0 Å². The maximum absolute atomic E-state index is 11.1. The summed E-state index contributed by atoms with van der Waals surface area (Å²) in [7, 11) is 0. The topological polar surface area (TPSA) is 108 Å². The van der Waals surface area contributed by atoms with Crippen LogP contribution >= 0.6 is 0 Å². The first kappa shape index (κ1) is 13.4.